The first kappa shape index (κ1) is 14.4. The molecule has 1 aromatic rings. The second kappa shape index (κ2) is 5.19. The molecule has 1 fully saturated rings. The number of nitrogens with zero attached hydrogens (tertiary/aromatic N) is 1. The van der Waals surface area contributed by atoms with E-state index in [1.807, 2.05) is 0 Å². The quantitative estimate of drug-likeness (QED) is 0.852. The first-order valence-electron chi connectivity index (χ1n) is 6.16. The third-order valence-electron chi connectivity index (χ3n) is 3.46. The largest absolute Gasteiger partial charge is 0.380 e. The average Bonchev–Trinajstić information content (AvgIpc) is 2.75. The summed E-state index contributed by atoms with van der Waals surface area (Å²) in [5, 5.41) is 0. The molecule has 1 heterocycles. The second-order valence-electron chi connectivity index (χ2n) is 4.88. The van der Waals surface area contributed by atoms with Crippen molar-refractivity contribution < 1.29 is 17.5 Å². The van der Waals surface area contributed by atoms with Gasteiger partial charge in [0.2, 0.25) is 10.0 Å². The topological polar surface area (TPSA) is 46.6 Å². The first-order chi connectivity index (χ1) is 8.86. The van der Waals surface area contributed by atoms with Crippen LogP contribution in [-0.4, -0.2) is 39.0 Å². The maximum Gasteiger partial charge on any atom is 0.243 e. The Labute approximate surface area is 113 Å². The molecule has 19 heavy (non-hydrogen) atoms. The first-order valence-corrected chi connectivity index (χ1v) is 7.60. The van der Waals surface area contributed by atoms with E-state index in [-0.39, 0.29) is 11.0 Å². The zero-order valence-electron chi connectivity index (χ0n) is 11.3. The predicted octanol–water partition coefficient (Wildman–Crippen LogP) is 1.85. The molecule has 1 saturated heterocycles. The van der Waals surface area contributed by atoms with Crippen molar-refractivity contribution in [3.63, 3.8) is 0 Å². The molecule has 1 unspecified atom stereocenters. The average molecular weight is 287 g/mol. The number of ether oxygens (including phenoxy) is 1. The van der Waals surface area contributed by atoms with Crippen LogP contribution in [0, 0.1) is 19.7 Å². The number of hydrogen-bond acceptors (Lipinski definition) is 3. The van der Waals surface area contributed by atoms with Gasteiger partial charge in [-0.2, -0.15) is 4.31 Å². The third-order valence-corrected chi connectivity index (χ3v) is 5.64. The lowest BCUT2D eigenvalue weighted by Crippen LogP contribution is -2.31. The third kappa shape index (κ3) is 2.66. The molecule has 0 amide bonds. The lowest BCUT2D eigenvalue weighted by Gasteiger charge is -2.19. The van der Waals surface area contributed by atoms with Crippen LogP contribution >= 0.6 is 0 Å². The van der Waals surface area contributed by atoms with Crippen LogP contribution in [0.15, 0.2) is 17.0 Å². The molecule has 1 aromatic carbocycles. The molecular weight excluding hydrogens is 269 g/mol. The maximum absolute atomic E-state index is 13.3. The smallest absolute Gasteiger partial charge is 0.243 e. The summed E-state index contributed by atoms with van der Waals surface area (Å²) >= 11 is 0. The minimum atomic E-state index is -3.57. The van der Waals surface area contributed by atoms with Crippen molar-refractivity contribution in [2.24, 2.45) is 0 Å². The van der Waals surface area contributed by atoms with Crippen molar-refractivity contribution in [3.05, 3.63) is 29.1 Å². The monoisotopic (exact) mass is 287 g/mol. The van der Waals surface area contributed by atoms with Gasteiger partial charge in [0, 0.05) is 20.2 Å². The van der Waals surface area contributed by atoms with Crippen molar-refractivity contribution in [1.82, 2.24) is 4.31 Å². The van der Waals surface area contributed by atoms with Gasteiger partial charge in [0.25, 0.3) is 0 Å². The van der Waals surface area contributed by atoms with E-state index in [1.165, 1.54) is 16.4 Å². The van der Waals surface area contributed by atoms with Crippen LogP contribution < -0.4 is 0 Å². The summed E-state index contributed by atoms with van der Waals surface area (Å²) in [6.07, 6.45) is 0.630. The van der Waals surface area contributed by atoms with Crippen molar-refractivity contribution in [2.45, 2.75) is 31.3 Å². The summed E-state index contributed by atoms with van der Waals surface area (Å²) in [4.78, 5) is 0.214. The van der Waals surface area contributed by atoms with Gasteiger partial charge in [0.05, 0.1) is 11.0 Å². The van der Waals surface area contributed by atoms with Gasteiger partial charge < -0.3 is 4.74 Å². The van der Waals surface area contributed by atoms with E-state index >= 15 is 0 Å². The Kier molecular flexibility index (Phi) is 3.94. The van der Waals surface area contributed by atoms with E-state index in [0.29, 0.717) is 30.6 Å². The number of halogens is 1. The van der Waals surface area contributed by atoms with E-state index in [4.69, 9.17) is 4.74 Å². The van der Waals surface area contributed by atoms with Crippen LogP contribution in [0.4, 0.5) is 4.39 Å². The number of sulfonamides is 1. The van der Waals surface area contributed by atoms with Gasteiger partial charge in [0.15, 0.2) is 0 Å². The van der Waals surface area contributed by atoms with Crippen LogP contribution in [0.2, 0.25) is 0 Å². The Morgan fingerprint density at radius 2 is 1.89 bits per heavy atom. The number of rotatable bonds is 3. The summed E-state index contributed by atoms with van der Waals surface area (Å²) < 4.78 is 45.1. The molecule has 0 spiro atoms. The molecule has 2 rings (SSSR count). The van der Waals surface area contributed by atoms with Crippen LogP contribution in [0.5, 0.6) is 0 Å². The highest BCUT2D eigenvalue weighted by Crippen LogP contribution is 2.27. The zero-order chi connectivity index (χ0) is 14.2. The van der Waals surface area contributed by atoms with Crippen molar-refractivity contribution in [3.8, 4) is 0 Å². The van der Waals surface area contributed by atoms with Gasteiger partial charge in [0.1, 0.15) is 5.82 Å². The molecule has 1 atom stereocenters. The fourth-order valence-corrected chi connectivity index (χ4v) is 4.44. The van der Waals surface area contributed by atoms with Gasteiger partial charge in [-0.15, -0.1) is 0 Å². The molecule has 1 aliphatic heterocycles. The Morgan fingerprint density at radius 1 is 1.32 bits per heavy atom. The fourth-order valence-electron chi connectivity index (χ4n) is 2.54. The van der Waals surface area contributed by atoms with Crippen molar-refractivity contribution >= 4 is 10.0 Å². The number of aryl methyl sites for hydroxylation is 2. The summed E-state index contributed by atoms with van der Waals surface area (Å²) in [5.41, 5.74) is 0.886. The summed E-state index contributed by atoms with van der Waals surface area (Å²) in [6, 6.07) is 2.51. The molecule has 1 aliphatic rings. The molecule has 0 aromatic heterocycles. The molecule has 0 saturated carbocycles. The lowest BCUT2D eigenvalue weighted by atomic mass is 10.1. The highest BCUT2D eigenvalue weighted by molar-refractivity contribution is 7.89. The molecule has 0 N–H and O–H groups in total. The van der Waals surface area contributed by atoms with Gasteiger partial charge in [-0.1, -0.05) is 0 Å². The summed E-state index contributed by atoms with van der Waals surface area (Å²) in [7, 11) is -1.99. The molecule has 4 nitrogen and oxygen atoms in total. The number of benzene rings is 1. The minimum Gasteiger partial charge on any atom is -0.380 e. The fraction of sp³-hybridized carbons (Fsp3) is 0.538. The molecule has 0 aliphatic carbocycles. The van der Waals surface area contributed by atoms with E-state index in [2.05, 4.69) is 0 Å². The molecule has 0 radical (unpaired) electrons. The minimum absolute atomic E-state index is 0.0594. The zero-order valence-corrected chi connectivity index (χ0v) is 12.1. The van der Waals surface area contributed by atoms with Crippen molar-refractivity contribution in [1.29, 1.82) is 0 Å². The van der Waals surface area contributed by atoms with Crippen LogP contribution in [0.1, 0.15) is 17.5 Å². The van der Waals surface area contributed by atoms with Gasteiger partial charge in [-0.05, 0) is 43.5 Å². The number of methoxy groups -OCH3 is 1. The second-order valence-corrected chi connectivity index (χ2v) is 6.75. The van der Waals surface area contributed by atoms with Crippen LogP contribution in [-0.2, 0) is 14.8 Å². The highest BCUT2D eigenvalue weighted by atomic mass is 32.2. The normalized spacial score (nSPS) is 20.9. The maximum atomic E-state index is 13.3. The number of hydrogen-bond donors (Lipinski definition) is 0. The molecule has 106 valence electrons. The van der Waals surface area contributed by atoms with E-state index in [1.54, 1.807) is 21.0 Å². The highest BCUT2D eigenvalue weighted by Gasteiger charge is 2.34. The molecule has 6 heteroatoms. The Balaban J connectivity index is 2.41. The Morgan fingerprint density at radius 3 is 2.37 bits per heavy atom. The van der Waals surface area contributed by atoms with Crippen LogP contribution in [0.3, 0.4) is 0 Å². The van der Waals surface area contributed by atoms with E-state index in [0.717, 1.165) is 0 Å². The van der Waals surface area contributed by atoms with Crippen LogP contribution in [0.25, 0.3) is 0 Å². The van der Waals surface area contributed by atoms with E-state index in [9.17, 15) is 12.8 Å². The van der Waals surface area contributed by atoms with Gasteiger partial charge >= 0.3 is 0 Å². The Hall–Kier alpha value is -0.980. The predicted molar refractivity (Wildman–Crippen MR) is 70.0 cm³/mol. The van der Waals surface area contributed by atoms with Crippen molar-refractivity contribution in [2.75, 3.05) is 20.2 Å². The summed E-state index contributed by atoms with van der Waals surface area (Å²) in [6.45, 7) is 4.03. The van der Waals surface area contributed by atoms with Gasteiger partial charge in [-0.3, -0.25) is 0 Å². The molecular formula is C13H18FNO3S. The van der Waals surface area contributed by atoms with Gasteiger partial charge in [-0.25, -0.2) is 12.8 Å². The SMILES string of the molecule is COC1CCN(S(=O)(=O)c2c(C)cc(F)cc2C)C1. The lowest BCUT2D eigenvalue weighted by molar-refractivity contribution is 0.115. The standard InChI is InChI=1S/C13H18FNO3S/c1-9-6-11(14)7-10(2)13(9)19(16,17)15-5-4-12(8-15)18-3/h6-7,12H,4-5,8H2,1-3H3. The molecule has 0 bridgehead atoms. The van der Waals surface area contributed by atoms with E-state index < -0.39 is 15.8 Å². The Bertz CT molecular complexity index is 563. The summed E-state index contributed by atoms with van der Waals surface area (Å²) in [5.74, 6) is -0.412.